The van der Waals surface area contributed by atoms with Gasteiger partial charge in [-0.3, -0.25) is 0 Å². The summed E-state index contributed by atoms with van der Waals surface area (Å²) in [5.41, 5.74) is 7.46. The van der Waals surface area contributed by atoms with E-state index < -0.39 is 0 Å². The first-order valence-corrected chi connectivity index (χ1v) is 7.45. The Kier molecular flexibility index (Phi) is 4.06. The van der Waals surface area contributed by atoms with Gasteiger partial charge in [0.05, 0.1) is 0 Å². The molecule has 0 unspecified atom stereocenters. The summed E-state index contributed by atoms with van der Waals surface area (Å²) in [6.07, 6.45) is 0. The van der Waals surface area contributed by atoms with Crippen LogP contribution in [-0.4, -0.2) is 21.4 Å². The minimum Gasteiger partial charge on any atom is -0.389 e. The van der Waals surface area contributed by atoms with E-state index in [2.05, 4.69) is 30.1 Å². The van der Waals surface area contributed by atoms with Crippen LogP contribution in [0.1, 0.15) is 32.2 Å². The summed E-state index contributed by atoms with van der Waals surface area (Å²) in [5, 5.41) is 0.873. The molecule has 0 radical (unpaired) electrons. The molecule has 4 nitrogen and oxygen atoms in total. The highest BCUT2D eigenvalue weighted by Crippen LogP contribution is 2.29. The van der Waals surface area contributed by atoms with Crippen molar-refractivity contribution in [1.29, 1.82) is 0 Å². The summed E-state index contributed by atoms with van der Waals surface area (Å²) in [6.45, 7) is 6.32. The van der Waals surface area contributed by atoms with E-state index in [9.17, 15) is 0 Å². The minimum atomic E-state index is -0.0365. The van der Waals surface area contributed by atoms with Crippen LogP contribution in [0.25, 0.3) is 0 Å². The lowest BCUT2D eigenvalue weighted by Gasteiger charge is -2.16. The first-order chi connectivity index (χ1) is 9.29. The fourth-order valence-electron chi connectivity index (χ4n) is 1.62. The Labute approximate surface area is 128 Å². The van der Waals surface area contributed by atoms with E-state index in [-0.39, 0.29) is 5.41 Å². The van der Waals surface area contributed by atoms with Crippen molar-refractivity contribution in [3.05, 3.63) is 35.7 Å². The summed E-state index contributed by atoms with van der Waals surface area (Å²) in [6, 6.07) is 7.79. The number of benzene rings is 1. The average Bonchev–Trinajstić information content (AvgIpc) is 2.87. The van der Waals surface area contributed by atoms with Crippen LogP contribution in [-0.2, 0) is 5.41 Å². The standard InChI is InChI=1S/C14H18N4S2/c1-14(2,3)12-16-13(20-17-12)18(4)10-7-5-9(6-8-10)11(15)19/h5-8H,1-4H3,(H2,15,19). The number of rotatable bonds is 3. The maximum absolute atomic E-state index is 5.60. The van der Waals surface area contributed by atoms with Crippen LogP contribution < -0.4 is 10.6 Å². The number of hydrogen-bond donors (Lipinski definition) is 1. The van der Waals surface area contributed by atoms with Crippen molar-refractivity contribution in [2.75, 3.05) is 11.9 Å². The van der Waals surface area contributed by atoms with Gasteiger partial charge in [0.15, 0.2) is 0 Å². The quantitative estimate of drug-likeness (QED) is 0.882. The highest BCUT2D eigenvalue weighted by molar-refractivity contribution is 7.80. The lowest BCUT2D eigenvalue weighted by Crippen LogP contribution is -2.15. The second-order valence-corrected chi connectivity index (χ2v) is 6.79. The zero-order valence-electron chi connectivity index (χ0n) is 12.0. The molecular formula is C14H18N4S2. The van der Waals surface area contributed by atoms with Crippen molar-refractivity contribution in [2.45, 2.75) is 26.2 Å². The van der Waals surface area contributed by atoms with E-state index in [1.807, 2.05) is 36.2 Å². The van der Waals surface area contributed by atoms with Crippen molar-refractivity contribution in [3.63, 3.8) is 0 Å². The SMILES string of the molecule is CN(c1ccc(C(N)=S)cc1)c1nc(C(C)(C)C)ns1. The van der Waals surface area contributed by atoms with Crippen molar-refractivity contribution in [2.24, 2.45) is 5.73 Å². The van der Waals surface area contributed by atoms with Gasteiger partial charge in [-0.2, -0.15) is 4.37 Å². The first kappa shape index (κ1) is 14.9. The number of nitrogens with two attached hydrogens (primary N) is 1. The number of hydrogen-bond acceptors (Lipinski definition) is 5. The van der Waals surface area contributed by atoms with Gasteiger partial charge in [0, 0.05) is 35.2 Å². The van der Waals surface area contributed by atoms with E-state index in [0.29, 0.717) is 4.99 Å². The summed E-state index contributed by atoms with van der Waals surface area (Å²) in [7, 11) is 1.97. The summed E-state index contributed by atoms with van der Waals surface area (Å²) >= 11 is 6.36. The molecule has 0 saturated carbocycles. The molecule has 0 amide bonds. The fourth-order valence-corrected chi connectivity index (χ4v) is 2.59. The van der Waals surface area contributed by atoms with E-state index in [4.69, 9.17) is 18.0 Å². The Morgan fingerprint density at radius 2 is 1.85 bits per heavy atom. The predicted octanol–water partition coefficient (Wildman–Crippen LogP) is 3.24. The molecule has 6 heteroatoms. The van der Waals surface area contributed by atoms with Gasteiger partial charge in [-0.25, -0.2) is 4.98 Å². The summed E-state index contributed by atoms with van der Waals surface area (Å²) in [4.78, 5) is 7.02. The molecule has 1 aromatic carbocycles. The van der Waals surface area contributed by atoms with Crippen LogP contribution >= 0.6 is 23.8 Å². The Morgan fingerprint density at radius 3 is 2.30 bits per heavy atom. The Balaban J connectivity index is 2.24. The zero-order chi connectivity index (χ0) is 14.9. The predicted molar refractivity (Wildman–Crippen MR) is 89.0 cm³/mol. The molecule has 1 heterocycles. The van der Waals surface area contributed by atoms with Crippen LogP contribution in [0.15, 0.2) is 24.3 Å². The number of anilines is 2. The third kappa shape index (κ3) is 3.13. The monoisotopic (exact) mass is 306 g/mol. The van der Waals surface area contributed by atoms with Gasteiger partial charge in [-0.05, 0) is 24.3 Å². The molecule has 106 valence electrons. The van der Waals surface area contributed by atoms with Crippen LogP contribution in [0.5, 0.6) is 0 Å². The van der Waals surface area contributed by atoms with Crippen LogP contribution in [0.2, 0.25) is 0 Å². The van der Waals surface area contributed by atoms with Crippen molar-refractivity contribution < 1.29 is 0 Å². The first-order valence-electron chi connectivity index (χ1n) is 6.27. The molecule has 0 bridgehead atoms. The maximum atomic E-state index is 5.60. The Hall–Kier alpha value is -1.53. The number of aromatic nitrogens is 2. The normalized spacial score (nSPS) is 11.4. The average molecular weight is 306 g/mol. The van der Waals surface area contributed by atoms with Gasteiger partial charge in [0.1, 0.15) is 10.8 Å². The number of thiocarbonyl (C=S) groups is 1. The molecular weight excluding hydrogens is 288 g/mol. The molecule has 0 spiro atoms. The van der Waals surface area contributed by atoms with E-state index in [1.54, 1.807) is 0 Å². The van der Waals surface area contributed by atoms with E-state index >= 15 is 0 Å². The van der Waals surface area contributed by atoms with Crippen molar-refractivity contribution in [3.8, 4) is 0 Å². The van der Waals surface area contributed by atoms with Crippen molar-refractivity contribution >= 4 is 39.6 Å². The topological polar surface area (TPSA) is 55.0 Å². The molecule has 0 fully saturated rings. The molecule has 0 aliphatic carbocycles. The zero-order valence-corrected chi connectivity index (χ0v) is 13.7. The third-order valence-electron chi connectivity index (χ3n) is 2.91. The molecule has 2 N–H and O–H groups in total. The molecule has 0 aliphatic rings. The molecule has 2 rings (SSSR count). The lowest BCUT2D eigenvalue weighted by atomic mass is 9.96. The Bertz CT molecular complexity index is 611. The van der Waals surface area contributed by atoms with E-state index in [1.165, 1.54) is 11.5 Å². The van der Waals surface area contributed by atoms with Gasteiger partial charge in [-0.15, -0.1) is 0 Å². The second-order valence-electron chi connectivity index (χ2n) is 5.62. The highest BCUT2D eigenvalue weighted by Gasteiger charge is 2.21. The summed E-state index contributed by atoms with van der Waals surface area (Å²) < 4.78 is 4.43. The fraction of sp³-hybridized carbons (Fsp3) is 0.357. The highest BCUT2D eigenvalue weighted by atomic mass is 32.1. The van der Waals surface area contributed by atoms with Crippen LogP contribution in [0, 0.1) is 0 Å². The van der Waals surface area contributed by atoms with Gasteiger partial charge in [0.25, 0.3) is 0 Å². The van der Waals surface area contributed by atoms with Crippen molar-refractivity contribution in [1.82, 2.24) is 9.36 Å². The maximum Gasteiger partial charge on any atom is 0.209 e. The molecule has 2 aromatic rings. The van der Waals surface area contributed by atoms with Crippen LogP contribution in [0.4, 0.5) is 10.8 Å². The van der Waals surface area contributed by atoms with Gasteiger partial charge < -0.3 is 10.6 Å². The molecule has 20 heavy (non-hydrogen) atoms. The Morgan fingerprint density at radius 1 is 1.25 bits per heavy atom. The second kappa shape index (κ2) is 5.46. The number of nitrogens with zero attached hydrogens (tertiary/aromatic N) is 3. The van der Waals surface area contributed by atoms with Gasteiger partial charge in [0.2, 0.25) is 5.13 Å². The molecule has 0 aliphatic heterocycles. The van der Waals surface area contributed by atoms with Crippen LogP contribution in [0.3, 0.4) is 0 Å². The van der Waals surface area contributed by atoms with Gasteiger partial charge >= 0.3 is 0 Å². The molecule has 1 aromatic heterocycles. The van der Waals surface area contributed by atoms with E-state index in [0.717, 1.165) is 22.2 Å². The smallest absolute Gasteiger partial charge is 0.209 e. The summed E-state index contributed by atoms with van der Waals surface area (Å²) in [5.74, 6) is 0.865. The minimum absolute atomic E-state index is 0.0365. The third-order valence-corrected chi connectivity index (χ3v) is 3.94. The lowest BCUT2D eigenvalue weighted by molar-refractivity contribution is 0.555. The largest absolute Gasteiger partial charge is 0.389 e. The van der Waals surface area contributed by atoms with Gasteiger partial charge in [-0.1, -0.05) is 33.0 Å². The molecule has 0 saturated heterocycles. The molecule has 0 atom stereocenters.